The van der Waals surface area contributed by atoms with Gasteiger partial charge >= 0.3 is 0 Å². The fourth-order valence-corrected chi connectivity index (χ4v) is 5.61. The van der Waals surface area contributed by atoms with Gasteiger partial charge in [-0.25, -0.2) is 8.42 Å². The van der Waals surface area contributed by atoms with Crippen molar-refractivity contribution < 1.29 is 22.8 Å². The molecule has 4 rings (SSSR count). The molecular formula is C24H28N4O5S. The number of amides is 3. The highest BCUT2D eigenvalue weighted by Crippen LogP contribution is 2.23. The summed E-state index contributed by atoms with van der Waals surface area (Å²) in [5.74, 6) is -0.341. The minimum atomic E-state index is -3.57. The summed E-state index contributed by atoms with van der Waals surface area (Å²) in [6.07, 6.45) is 1.50. The molecule has 0 saturated carbocycles. The first-order valence-electron chi connectivity index (χ1n) is 11.4. The minimum absolute atomic E-state index is 0.0354. The summed E-state index contributed by atoms with van der Waals surface area (Å²) in [6.45, 7) is 1.74. The minimum Gasteiger partial charge on any atom is -0.340 e. The first kappa shape index (κ1) is 23.9. The summed E-state index contributed by atoms with van der Waals surface area (Å²) in [7, 11) is -3.57. The second-order valence-electron chi connectivity index (χ2n) is 8.34. The van der Waals surface area contributed by atoms with Gasteiger partial charge in [0.25, 0.3) is 0 Å². The summed E-state index contributed by atoms with van der Waals surface area (Å²) in [5, 5.41) is 2.77. The zero-order valence-corrected chi connectivity index (χ0v) is 19.7. The first-order valence-corrected chi connectivity index (χ1v) is 12.8. The van der Waals surface area contributed by atoms with Crippen LogP contribution in [0.15, 0.2) is 59.5 Å². The fraction of sp³-hybridized carbons (Fsp3) is 0.375. The summed E-state index contributed by atoms with van der Waals surface area (Å²) >= 11 is 0. The lowest BCUT2D eigenvalue weighted by atomic mass is 10.2. The van der Waals surface area contributed by atoms with E-state index < -0.39 is 10.0 Å². The lowest BCUT2D eigenvalue weighted by Crippen LogP contribution is -2.50. The zero-order valence-electron chi connectivity index (χ0n) is 18.9. The number of anilines is 2. The second kappa shape index (κ2) is 10.4. The van der Waals surface area contributed by atoms with Crippen molar-refractivity contribution in [2.24, 2.45) is 0 Å². The monoisotopic (exact) mass is 484 g/mol. The Bertz CT molecular complexity index is 1140. The van der Waals surface area contributed by atoms with Gasteiger partial charge < -0.3 is 15.1 Å². The molecule has 10 heteroatoms. The van der Waals surface area contributed by atoms with Gasteiger partial charge in [-0.15, -0.1) is 0 Å². The Labute approximate surface area is 199 Å². The molecule has 2 aromatic carbocycles. The third-order valence-corrected chi connectivity index (χ3v) is 7.99. The molecule has 0 unspecified atom stereocenters. The molecule has 0 aromatic heterocycles. The normalized spacial score (nSPS) is 17.1. The number of nitrogens with one attached hydrogen (secondary N) is 1. The zero-order chi connectivity index (χ0) is 24.1. The number of nitrogens with zero attached hydrogens (tertiary/aromatic N) is 3. The van der Waals surface area contributed by atoms with Crippen molar-refractivity contribution in [3.8, 4) is 0 Å². The molecule has 180 valence electrons. The average Bonchev–Trinajstić information content (AvgIpc) is 3.29. The average molecular weight is 485 g/mol. The Morgan fingerprint density at radius 2 is 1.53 bits per heavy atom. The number of carbonyl (C=O) groups excluding carboxylic acids is 3. The highest BCUT2D eigenvalue weighted by atomic mass is 32.2. The van der Waals surface area contributed by atoms with E-state index in [2.05, 4.69) is 5.32 Å². The molecule has 2 aliphatic rings. The number of sulfonamides is 1. The predicted molar refractivity (Wildman–Crippen MR) is 128 cm³/mol. The Balaban J connectivity index is 1.22. The second-order valence-corrected chi connectivity index (χ2v) is 10.3. The summed E-state index contributed by atoms with van der Waals surface area (Å²) in [6, 6.07) is 15.3. The van der Waals surface area contributed by atoms with Crippen LogP contribution in [0.3, 0.4) is 0 Å². The van der Waals surface area contributed by atoms with Crippen LogP contribution in [0.1, 0.15) is 25.7 Å². The van der Waals surface area contributed by atoms with E-state index in [1.807, 2.05) is 0 Å². The standard InChI is InChI=1S/C24H28N4O5S/c29-22(25-19-8-10-20(11-9-19)28-14-4-7-24(28)31)12-13-23(30)26-15-17-27(18-16-26)34(32,33)21-5-2-1-3-6-21/h1-3,5-6,8-11H,4,7,12-18H2,(H,25,29). The van der Waals surface area contributed by atoms with Gasteiger partial charge in [-0.3, -0.25) is 14.4 Å². The van der Waals surface area contributed by atoms with Crippen LogP contribution in [0.5, 0.6) is 0 Å². The third-order valence-electron chi connectivity index (χ3n) is 6.07. The van der Waals surface area contributed by atoms with Crippen LogP contribution < -0.4 is 10.2 Å². The van der Waals surface area contributed by atoms with Gasteiger partial charge in [0.05, 0.1) is 4.90 Å². The Kier molecular flexibility index (Phi) is 7.28. The van der Waals surface area contributed by atoms with Crippen LogP contribution >= 0.6 is 0 Å². The Morgan fingerprint density at radius 1 is 0.853 bits per heavy atom. The van der Waals surface area contributed by atoms with E-state index in [1.54, 1.807) is 64.4 Å². The molecule has 2 fully saturated rings. The molecule has 2 saturated heterocycles. The first-order chi connectivity index (χ1) is 16.3. The van der Waals surface area contributed by atoms with E-state index in [4.69, 9.17) is 0 Å². The molecule has 0 radical (unpaired) electrons. The van der Waals surface area contributed by atoms with Crippen LogP contribution in [0.25, 0.3) is 0 Å². The van der Waals surface area contributed by atoms with Crippen LogP contribution in [-0.4, -0.2) is 68.1 Å². The van der Waals surface area contributed by atoms with Crippen molar-refractivity contribution in [3.63, 3.8) is 0 Å². The van der Waals surface area contributed by atoms with Gasteiger partial charge in [0.15, 0.2) is 0 Å². The summed E-state index contributed by atoms with van der Waals surface area (Å²) < 4.78 is 26.8. The maximum Gasteiger partial charge on any atom is 0.243 e. The molecule has 0 bridgehead atoms. The van der Waals surface area contributed by atoms with Crippen molar-refractivity contribution in [2.45, 2.75) is 30.6 Å². The third kappa shape index (κ3) is 5.45. The maximum atomic E-state index is 12.7. The predicted octanol–water partition coefficient (Wildman–Crippen LogP) is 2.07. The van der Waals surface area contributed by atoms with Gasteiger partial charge in [-0.1, -0.05) is 18.2 Å². The van der Waals surface area contributed by atoms with Gasteiger partial charge in [0.1, 0.15) is 0 Å². The van der Waals surface area contributed by atoms with Crippen molar-refractivity contribution in [2.75, 3.05) is 42.9 Å². The van der Waals surface area contributed by atoms with E-state index in [-0.39, 0.29) is 48.5 Å². The molecule has 2 aromatic rings. The highest BCUT2D eigenvalue weighted by molar-refractivity contribution is 7.89. The highest BCUT2D eigenvalue weighted by Gasteiger charge is 2.30. The number of rotatable bonds is 7. The van der Waals surface area contributed by atoms with Gasteiger partial charge in [0.2, 0.25) is 27.7 Å². The number of benzene rings is 2. The quantitative estimate of drug-likeness (QED) is 0.648. The fourth-order valence-electron chi connectivity index (χ4n) is 4.17. The van der Waals surface area contributed by atoms with Gasteiger partial charge in [0, 0.05) is 63.4 Å². The molecule has 34 heavy (non-hydrogen) atoms. The molecular weight excluding hydrogens is 456 g/mol. The molecule has 0 aliphatic carbocycles. The van der Waals surface area contributed by atoms with E-state index >= 15 is 0 Å². The van der Waals surface area contributed by atoms with Crippen molar-refractivity contribution >= 4 is 39.1 Å². The molecule has 2 heterocycles. The smallest absolute Gasteiger partial charge is 0.243 e. The van der Waals surface area contributed by atoms with Gasteiger partial charge in [-0.2, -0.15) is 4.31 Å². The number of carbonyl (C=O) groups is 3. The van der Waals surface area contributed by atoms with Crippen LogP contribution in [0.2, 0.25) is 0 Å². The molecule has 2 aliphatic heterocycles. The Hall–Kier alpha value is -3.24. The molecule has 1 N–H and O–H groups in total. The van der Waals surface area contributed by atoms with Crippen molar-refractivity contribution in [1.29, 1.82) is 0 Å². The lowest BCUT2D eigenvalue weighted by Gasteiger charge is -2.34. The van der Waals surface area contributed by atoms with Crippen LogP contribution in [0, 0.1) is 0 Å². The topological polar surface area (TPSA) is 107 Å². The molecule has 0 atom stereocenters. The number of hydrogen-bond acceptors (Lipinski definition) is 5. The summed E-state index contributed by atoms with van der Waals surface area (Å²) in [4.78, 5) is 40.3. The SMILES string of the molecule is O=C(CCC(=O)N1CCN(S(=O)(=O)c2ccccc2)CC1)Nc1ccc(N2CCCC2=O)cc1. The maximum absolute atomic E-state index is 12.7. The van der Waals surface area contributed by atoms with E-state index in [0.29, 0.717) is 31.7 Å². The van der Waals surface area contributed by atoms with Crippen molar-refractivity contribution in [1.82, 2.24) is 9.21 Å². The molecule has 9 nitrogen and oxygen atoms in total. The van der Waals surface area contributed by atoms with E-state index in [0.717, 1.165) is 12.1 Å². The summed E-state index contributed by atoms with van der Waals surface area (Å²) in [5.41, 5.74) is 1.41. The van der Waals surface area contributed by atoms with E-state index in [1.165, 1.54) is 4.31 Å². The number of hydrogen-bond donors (Lipinski definition) is 1. The number of piperazine rings is 1. The van der Waals surface area contributed by atoms with E-state index in [9.17, 15) is 22.8 Å². The largest absolute Gasteiger partial charge is 0.340 e. The molecule has 0 spiro atoms. The lowest BCUT2D eigenvalue weighted by molar-refractivity contribution is -0.133. The Morgan fingerprint density at radius 3 is 2.15 bits per heavy atom. The molecule has 3 amide bonds. The van der Waals surface area contributed by atoms with Crippen LogP contribution in [0.4, 0.5) is 11.4 Å². The van der Waals surface area contributed by atoms with Gasteiger partial charge in [-0.05, 0) is 42.8 Å². The van der Waals surface area contributed by atoms with Crippen LogP contribution in [-0.2, 0) is 24.4 Å². The van der Waals surface area contributed by atoms with Crippen molar-refractivity contribution in [3.05, 3.63) is 54.6 Å².